The number of esters is 1. The van der Waals surface area contributed by atoms with Crippen LogP contribution in [0.15, 0.2) is 0 Å². The fourth-order valence-corrected chi connectivity index (χ4v) is 1.98. The number of hydrogen-bond acceptors (Lipinski definition) is 4. The molecule has 0 amide bonds. The van der Waals surface area contributed by atoms with Gasteiger partial charge in [0.2, 0.25) is 0 Å². The number of hydrogen-bond donors (Lipinski definition) is 2. The maximum Gasteiger partial charge on any atom is 0.470 e. The molecule has 6 nitrogen and oxygen atoms in total. The van der Waals surface area contributed by atoms with E-state index in [9.17, 15) is 9.36 Å². The lowest BCUT2D eigenvalue weighted by atomic mass is 9.98. The van der Waals surface area contributed by atoms with Gasteiger partial charge in [0.1, 0.15) is 0 Å². The van der Waals surface area contributed by atoms with Crippen molar-refractivity contribution >= 4 is 13.8 Å². The van der Waals surface area contributed by atoms with Gasteiger partial charge in [-0.15, -0.1) is 0 Å². The largest absolute Gasteiger partial charge is 0.470 e. The van der Waals surface area contributed by atoms with Gasteiger partial charge in [0.05, 0.1) is 6.61 Å². The molecule has 0 aromatic carbocycles. The van der Waals surface area contributed by atoms with E-state index in [4.69, 9.17) is 14.5 Å². The lowest BCUT2D eigenvalue weighted by molar-refractivity contribution is -0.164. The first-order valence-corrected chi connectivity index (χ1v) is 6.27. The van der Waals surface area contributed by atoms with Crippen LogP contribution in [0.1, 0.15) is 33.6 Å². The molecule has 0 fully saturated rings. The van der Waals surface area contributed by atoms with Gasteiger partial charge in [-0.1, -0.05) is 13.8 Å². The summed E-state index contributed by atoms with van der Waals surface area (Å²) >= 11 is 0. The molecule has 0 saturated heterocycles. The minimum atomic E-state index is -4.70. The summed E-state index contributed by atoms with van der Waals surface area (Å²) in [5.41, 5.74) is -1.55. The molecule has 0 aromatic heterocycles. The normalized spacial score (nSPS) is 12.6. The zero-order chi connectivity index (χ0) is 12.1. The highest BCUT2D eigenvalue weighted by Gasteiger charge is 2.43. The van der Waals surface area contributed by atoms with Crippen molar-refractivity contribution in [2.24, 2.45) is 0 Å². The number of phosphoric ester groups is 1. The topological polar surface area (TPSA) is 93.1 Å². The third-order valence-electron chi connectivity index (χ3n) is 2.08. The summed E-state index contributed by atoms with van der Waals surface area (Å²) in [6.07, 6.45) is 0.293. The molecule has 0 saturated carbocycles. The van der Waals surface area contributed by atoms with Gasteiger partial charge in [-0.05, 0) is 19.8 Å². The van der Waals surface area contributed by atoms with Gasteiger partial charge < -0.3 is 14.5 Å². The lowest BCUT2D eigenvalue weighted by Crippen LogP contribution is -2.41. The lowest BCUT2D eigenvalue weighted by Gasteiger charge is -2.28. The molecule has 0 rings (SSSR count). The molecule has 0 aromatic rings. The third kappa shape index (κ3) is 4.30. The molecule has 0 atom stereocenters. The molecule has 0 aliphatic carbocycles. The summed E-state index contributed by atoms with van der Waals surface area (Å²) in [6, 6.07) is 0. The molecule has 0 bridgehead atoms. The monoisotopic (exact) mass is 240 g/mol. The first-order valence-electron chi connectivity index (χ1n) is 4.74. The molecule has 0 radical (unpaired) electrons. The van der Waals surface area contributed by atoms with E-state index in [1.807, 2.05) is 0 Å². The first kappa shape index (κ1) is 14.6. The highest BCUT2D eigenvalue weighted by Crippen LogP contribution is 2.44. The second-order valence-corrected chi connectivity index (χ2v) is 4.17. The van der Waals surface area contributed by atoms with E-state index in [1.54, 1.807) is 20.8 Å². The van der Waals surface area contributed by atoms with Gasteiger partial charge in [0.25, 0.3) is 0 Å². The standard InChI is InChI=1S/C8H17O6P/c1-4-8(5-2,7(9)13-6-3)14-15(10,11)12/h4-6H2,1-3H3,(H2,10,11,12). The molecular formula is C8H17O6P. The molecule has 15 heavy (non-hydrogen) atoms. The van der Waals surface area contributed by atoms with Crippen LogP contribution in [0.2, 0.25) is 0 Å². The minimum Gasteiger partial charge on any atom is -0.464 e. The van der Waals surface area contributed by atoms with Gasteiger partial charge in [-0.25, -0.2) is 9.36 Å². The van der Waals surface area contributed by atoms with Crippen LogP contribution in [0.3, 0.4) is 0 Å². The Balaban J connectivity index is 4.88. The van der Waals surface area contributed by atoms with Crippen molar-refractivity contribution in [3.05, 3.63) is 0 Å². The number of phosphoric acid groups is 1. The van der Waals surface area contributed by atoms with Gasteiger partial charge in [0, 0.05) is 0 Å². The van der Waals surface area contributed by atoms with E-state index in [0.29, 0.717) is 0 Å². The van der Waals surface area contributed by atoms with E-state index in [1.165, 1.54) is 0 Å². The number of carbonyl (C=O) groups is 1. The second kappa shape index (κ2) is 5.61. The van der Waals surface area contributed by atoms with E-state index < -0.39 is 19.4 Å². The Morgan fingerprint density at radius 3 is 2.00 bits per heavy atom. The molecule has 0 heterocycles. The SMILES string of the molecule is CCOC(=O)C(CC)(CC)OP(=O)(O)O. The summed E-state index contributed by atoms with van der Waals surface area (Å²) in [7, 11) is -4.70. The Morgan fingerprint density at radius 2 is 1.73 bits per heavy atom. The Kier molecular flexibility index (Phi) is 5.45. The Bertz CT molecular complexity index is 254. The van der Waals surface area contributed by atoms with Crippen LogP contribution in [0.4, 0.5) is 0 Å². The Labute approximate surface area is 88.8 Å². The van der Waals surface area contributed by atoms with Gasteiger partial charge in [-0.3, -0.25) is 4.52 Å². The van der Waals surface area contributed by atoms with Crippen molar-refractivity contribution in [3.63, 3.8) is 0 Å². The fourth-order valence-electron chi connectivity index (χ4n) is 1.20. The summed E-state index contributed by atoms with van der Waals surface area (Å²) in [5.74, 6) is -0.738. The molecule has 0 aliphatic heterocycles. The molecule has 90 valence electrons. The van der Waals surface area contributed by atoms with E-state index >= 15 is 0 Å². The molecule has 0 aliphatic rings. The average molecular weight is 240 g/mol. The van der Waals surface area contributed by atoms with Crippen molar-refractivity contribution in [1.29, 1.82) is 0 Å². The van der Waals surface area contributed by atoms with Crippen molar-refractivity contribution < 1.29 is 28.4 Å². The molecule has 0 spiro atoms. The summed E-state index contributed by atoms with van der Waals surface area (Å²) in [6.45, 7) is 4.97. The molecule has 0 unspecified atom stereocenters. The van der Waals surface area contributed by atoms with Crippen molar-refractivity contribution in [3.8, 4) is 0 Å². The van der Waals surface area contributed by atoms with Crippen molar-refractivity contribution in [1.82, 2.24) is 0 Å². The highest BCUT2D eigenvalue weighted by atomic mass is 31.2. The number of carbonyl (C=O) groups excluding carboxylic acids is 1. The first-order chi connectivity index (χ1) is 6.81. The van der Waals surface area contributed by atoms with Crippen molar-refractivity contribution in [2.75, 3.05) is 6.61 Å². The highest BCUT2D eigenvalue weighted by molar-refractivity contribution is 7.46. The number of rotatable bonds is 6. The van der Waals surface area contributed by atoms with Crippen LogP contribution >= 0.6 is 7.82 Å². The smallest absolute Gasteiger partial charge is 0.464 e. The molecule has 2 N–H and O–H groups in total. The average Bonchev–Trinajstić information content (AvgIpc) is 2.13. The maximum absolute atomic E-state index is 11.5. The van der Waals surface area contributed by atoms with Crippen LogP contribution in [-0.2, 0) is 18.6 Å². The predicted molar refractivity (Wildman–Crippen MR) is 53.1 cm³/mol. The van der Waals surface area contributed by atoms with Crippen molar-refractivity contribution in [2.45, 2.75) is 39.2 Å². The summed E-state index contributed by atoms with van der Waals surface area (Å²) in [5, 5.41) is 0. The minimum absolute atomic E-state index is 0.144. The predicted octanol–water partition coefficient (Wildman–Crippen LogP) is 1.22. The van der Waals surface area contributed by atoms with Crippen LogP contribution in [-0.4, -0.2) is 28.0 Å². The fraction of sp³-hybridized carbons (Fsp3) is 0.875. The molecule has 7 heteroatoms. The zero-order valence-electron chi connectivity index (χ0n) is 9.10. The molecular weight excluding hydrogens is 223 g/mol. The summed E-state index contributed by atoms with van der Waals surface area (Å²) < 4.78 is 20.0. The van der Waals surface area contributed by atoms with Crippen LogP contribution in [0.5, 0.6) is 0 Å². The van der Waals surface area contributed by atoms with E-state index in [-0.39, 0.29) is 19.4 Å². The quantitative estimate of drug-likeness (QED) is 0.535. The van der Waals surface area contributed by atoms with Crippen LogP contribution in [0.25, 0.3) is 0 Å². The zero-order valence-corrected chi connectivity index (χ0v) is 9.99. The summed E-state index contributed by atoms with van der Waals surface area (Å²) in [4.78, 5) is 28.9. The van der Waals surface area contributed by atoms with E-state index in [0.717, 1.165) is 0 Å². The van der Waals surface area contributed by atoms with Gasteiger partial charge >= 0.3 is 13.8 Å². The Morgan fingerprint density at radius 1 is 1.27 bits per heavy atom. The van der Waals surface area contributed by atoms with Crippen LogP contribution in [0, 0.1) is 0 Å². The Hall–Kier alpha value is -0.420. The maximum atomic E-state index is 11.5. The van der Waals surface area contributed by atoms with Gasteiger partial charge in [-0.2, -0.15) is 0 Å². The third-order valence-corrected chi connectivity index (χ3v) is 2.67. The van der Waals surface area contributed by atoms with Crippen LogP contribution < -0.4 is 0 Å². The number of ether oxygens (including phenoxy) is 1. The van der Waals surface area contributed by atoms with Gasteiger partial charge in [0.15, 0.2) is 5.60 Å². The second-order valence-electron chi connectivity index (χ2n) is 3.00. The van der Waals surface area contributed by atoms with E-state index in [2.05, 4.69) is 4.52 Å².